The van der Waals surface area contributed by atoms with Crippen LogP contribution in [0.4, 0.5) is 5.82 Å². The van der Waals surface area contributed by atoms with Crippen LogP contribution in [0.3, 0.4) is 0 Å². The monoisotopic (exact) mass is 252 g/mol. The van der Waals surface area contributed by atoms with E-state index in [1.165, 1.54) is 0 Å². The zero-order valence-electron chi connectivity index (χ0n) is 11.8. The van der Waals surface area contributed by atoms with Gasteiger partial charge in [-0.25, -0.2) is 4.98 Å². The molecule has 0 aliphatic rings. The van der Waals surface area contributed by atoms with Crippen molar-refractivity contribution in [2.24, 2.45) is 0 Å². The Labute approximate surface area is 108 Å². The Morgan fingerprint density at radius 3 is 2.39 bits per heavy atom. The second-order valence-corrected chi connectivity index (χ2v) is 4.74. The van der Waals surface area contributed by atoms with Gasteiger partial charge in [-0.1, -0.05) is 27.7 Å². The summed E-state index contributed by atoms with van der Waals surface area (Å²) in [7, 11) is 0. The fourth-order valence-electron chi connectivity index (χ4n) is 2.03. The maximum Gasteiger partial charge on any atom is 0.256 e. The molecule has 0 saturated carbocycles. The van der Waals surface area contributed by atoms with E-state index in [0.29, 0.717) is 17.2 Å². The number of hydrogen-bond acceptors (Lipinski definition) is 4. The number of nitrogens with zero attached hydrogens (tertiary/aromatic N) is 2. The van der Waals surface area contributed by atoms with E-state index in [4.69, 9.17) is 5.73 Å². The zero-order chi connectivity index (χ0) is 13.7. The molecular weight excluding hydrogens is 228 g/mol. The van der Waals surface area contributed by atoms with E-state index >= 15 is 0 Å². The summed E-state index contributed by atoms with van der Waals surface area (Å²) in [6, 6.07) is 0. The molecule has 0 aliphatic heterocycles. The molecule has 0 atom stereocenters. The van der Waals surface area contributed by atoms with Crippen LogP contribution in [0, 0.1) is 0 Å². The first-order valence-electron chi connectivity index (χ1n) is 6.60. The molecule has 3 N–H and O–H groups in total. The van der Waals surface area contributed by atoms with Crippen LogP contribution in [0.15, 0.2) is 4.79 Å². The highest BCUT2D eigenvalue weighted by atomic mass is 16.1. The minimum Gasteiger partial charge on any atom is -0.383 e. The molecule has 0 fully saturated rings. The summed E-state index contributed by atoms with van der Waals surface area (Å²) in [5, 5.41) is 0. The van der Waals surface area contributed by atoms with Gasteiger partial charge >= 0.3 is 0 Å². The molecule has 1 heterocycles. The minimum atomic E-state index is -0.105. The van der Waals surface area contributed by atoms with E-state index in [2.05, 4.69) is 28.7 Å². The van der Waals surface area contributed by atoms with Crippen molar-refractivity contribution in [3.05, 3.63) is 21.7 Å². The van der Waals surface area contributed by atoms with Crippen molar-refractivity contribution >= 4 is 5.82 Å². The Balaban J connectivity index is 2.84. The fourth-order valence-corrected chi connectivity index (χ4v) is 2.03. The van der Waals surface area contributed by atoms with Crippen LogP contribution in [0.2, 0.25) is 0 Å². The van der Waals surface area contributed by atoms with Gasteiger partial charge in [-0.3, -0.25) is 4.79 Å². The highest BCUT2D eigenvalue weighted by molar-refractivity contribution is 5.39. The van der Waals surface area contributed by atoms with Gasteiger partial charge in [-0.15, -0.1) is 0 Å². The molecule has 102 valence electrons. The molecule has 0 bridgehead atoms. The van der Waals surface area contributed by atoms with E-state index in [-0.39, 0.29) is 11.5 Å². The predicted molar refractivity (Wildman–Crippen MR) is 74.9 cm³/mol. The molecule has 0 unspecified atom stereocenters. The number of H-pyrrole nitrogens is 1. The van der Waals surface area contributed by atoms with Gasteiger partial charge in [-0.2, -0.15) is 0 Å². The summed E-state index contributed by atoms with van der Waals surface area (Å²) in [5.41, 5.74) is 6.33. The molecular formula is C13H24N4O. The number of nitrogens with two attached hydrogens (primary N) is 1. The minimum absolute atomic E-state index is 0.0954. The molecule has 0 aliphatic carbocycles. The van der Waals surface area contributed by atoms with Crippen molar-refractivity contribution in [1.82, 2.24) is 14.9 Å². The van der Waals surface area contributed by atoms with Gasteiger partial charge in [0.2, 0.25) is 0 Å². The lowest BCUT2D eigenvalue weighted by Gasteiger charge is -2.17. The van der Waals surface area contributed by atoms with Crippen LogP contribution in [-0.4, -0.2) is 34.5 Å². The number of aromatic amines is 1. The SMILES string of the molecule is CCN(CC)CCc1nc(N)c(C(C)C)c(=O)[nH]1. The third kappa shape index (κ3) is 3.57. The zero-order valence-corrected chi connectivity index (χ0v) is 11.8. The Morgan fingerprint density at radius 2 is 1.94 bits per heavy atom. The van der Waals surface area contributed by atoms with Crippen molar-refractivity contribution in [3.63, 3.8) is 0 Å². The molecule has 0 radical (unpaired) electrons. The highest BCUT2D eigenvalue weighted by Crippen LogP contribution is 2.14. The Kier molecular flexibility index (Phi) is 5.34. The average molecular weight is 252 g/mol. The molecule has 1 aromatic rings. The molecule has 18 heavy (non-hydrogen) atoms. The summed E-state index contributed by atoms with van der Waals surface area (Å²) < 4.78 is 0. The first-order valence-corrected chi connectivity index (χ1v) is 6.60. The average Bonchev–Trinajstić information content (AvgIpc) is 2.28. The third-order valence-electron chi connectivity index (χ3n) is 3.17. The van der Waals surface area contributed by atoms with Gasteiger partial charge in [0.05, 0.1) is 5.56 Å². The molecule has 0 amide bonds. The number of nitrogens with one attached hydrogen (secondary N) is 1. The highest BCUT2D eigenvalue weighted by Gasteiger charge is 2.12. The first-order chi connectivity index (χ1) is 8.49. The molecule has 0 spiro atoms. The van der Waals surface area contributed by atoms with E-state index in [9.17, 15) is 4.79 Å². The Hall–Kier alpha value is -1.36. The maximum atomic E-state index is 11.9. The van der Waals surface area contributed by atoms with Crippen LogP contribution in [0.5, 0.6) is 0 Å². The lowest BCUT2D eigenvalue weighted by molar-refractivity contribution is 0.305. The summed E-state index contributed by atoms with van der Waals surface area (Å²) in [5.74, 6) is 1.13. The van der Waals surface area contributed by atoms with Crippen molar-refractivity contribution in [2.75, 3.05) is 25.4 Å². The molecule has 5 nitrogen and oxygen atoms in total. The fraction of sp³-hybridized carbons (Fsp3) is 0.692. The predicted octanol–water partition coefficient (Wildman–Crippen LogP) is 1.36. The summed E-state index contributed by atoms with van der Waals surface area (Å²) in [6.07, 6.45) is 0.722. The number of rotatable bonds is 6. The Bertz CT molecular complexity index is 435. The number of hydrogen-bond donors (Lipinski definition) is 2. The summed E-state index contributed by atoms with van der Waals surface area (Å²) in [4.78, 5) is 21.3. The summed E-state index contributed by atoms with van der Waals surface area (Å²) in [6.45, 7) is 11.0. The van der Waals surface area contributed by atoms with E-state index < -0.39 is 0 Å². The van der Waals surface area contributed by atoms with Crippen molar-refractivity contribution in [3.8, 4) is 0 Å². The van der Waals surface area contributed by atoms with Crippen molar-refractivity contribution < 1.29 is 0 Å². The molecule has 0 aromatic carbocycles. The topological polar surface area (TPSA) is 75.0 Å². The van der Waals surface area contributed by atoms with Crippen molar-refractivity contribution in [2.45, 2.75) is 40.0 Å². The molecule has 1 aromatic heterocycles. The van der Waals surface area contributed by atoms with Gasteiger partial charge in [0, 0.05) is 13.0 Å². The standard InChI is InChI=1S/C13H24N4O/c1-5-17(6-2)8-7-10-15-12(14)11(9(3)4)13(18)16-10/h9H,5-8H2,1-4H3,(H3,14,15,16,18). The van der Waals surface area contributed by atoms with Crippen LogP contribution >= 0.6 is 0 Å². The van der Waals surface area contributed by atoms with Gasteiger partial charge in [0.1, 0.15) is 11.6 Å². The largest absolute Gasteiger partial charge is 0.383 e. The second kappa shape index (κ2) is 6.54. The molecule has 1 rings (SSSR count). The van der Waals surface area contributed by atoms with Crippen LogP contribution in [-0.2, 0) is 6.42 Å². The lowest BCUT2D eigenvalue weighted by atomic mass is 10.1. The van der Waals surface area contributed by atoms with Crippen LogP contribution < -0.4 is 11.3 Å². The molecule has 5 heteroatoms. The first kappa shape index (κ1) is 14.7. The van der Waals surface area contributed by atoms with Crippen molar-refractivity contribution in [1.29, 1.82) is 0 Å². The number of aromatic nitrogens is 2. The van der Waals surface area contributed by atoms with Gasteiger partial charge in [-0.05, 0) is 19.0 Å². The number of anilines is 1. The summed E-state index contributed by atoms with van der Waals surface area (Å²) >= 11 is 0. The number of likely N-dealkylation sites (N-methyl/N-ethyl adjacent to an activating group) is 1. The maximum absolute atomic E-state index is 11.9. The lowest BCUT2D eigenvalue weighted by Crippen LogP contribution is -2.27. The Morgan fingerprint density at radius 1 is 1.33 bits per heavy atom. The van der Waals surface area contributed by atoms with Gasteiger partial charge < -0.3 is 15.6 Å². The smallest absolute Gasteiger partial charge is 0.256 e. The quantitative estimate of drug-likeness (QED) is 0.801. The third-order valence-corrected chi connectivity index (χ3v) is 3.17. The number of nitrogen functional groups attached to an aromatic ring is 1. The van der Waals surface area contributed by atoms with Gasteiger partial charge in [0.25, 0.3) is 5.56 Å². The van der Waals surface area contributed by atoms with Gasteiger partial charge in [0.15, 0.2) is 0 Å². The van der Waals surface area contributed by atoms with Crippen LogP contribution in [0.1, 0.15) is 45.0 Å². The second-order valence-electron chi connectivity index (χ2n) is 4.74. The van der Waals surface area contributed by atoms with E-state index in [1.54, 1.807) is 0 Å². The normalized spacial score (nSPS) is 11.4. The van der Waals surface area contributed by atoms with E-state index in [0.717, 1.165) is 26.1 Å². The molecule has 0 saturated heterocycles. The van der Waals surface area contributed by atoms with E-state index in [1.807, 2.05) is 13.8 Å². The van der Waals surface area contributed by atoms with Crippen LogP contribution in [0.25, 0.3) is 0 Å².